The molecule has 0 amide bonds. The maximum Gasteiger partial charge on any atom is 0.157 e. The Hall–Kier alpha value is -3.34. The average Bonchev–Trinajstić information content (AvgIpc) is 2.80. The molecule has 0 saturated carbocycles. The number of hydrogen-bond donors (Lipinski definition) is 5. The maximum absolute atomic E-state index is 10.8. The van der Waals surface area contributed by atoms with Crippen molar-refractivity contribution >= 4 is 0 Å². The lowest BCUT2D eigenvalue weighted by Gasteiger charge is -2.32. The van der Waals surface area contributed by atoms with Crippen molar-refractivity contribution in [1.82, 2.24) is 0 Å². The second kappa shape index (κ2) is 5.10. The number of phenolic OH excluding ortho intramolecular Hbond substituents is 5. The molecule has 2 atom stereocenters. The standard InChI is InChI=1S/C22H18O5/c1-9-2-14-11-6-13-15(4-10(23)5-17(13)24)21(22(14)20(27)3-9)16-8-19(26)18(25)7-12(11)16/h2-5,7-8,11,21,23-27H,6H2,1H3. The molecular weight excluding hydrogens is 344 g/mol. The third-order valence-corrected chi connectivity index (χ3v) is 5.83. The van der Waals surface area contributed by atoms with Crippen LogP contribution in [0.4, 0.5) is 0 Å². The minimum Gasteiger partial charge on any atom is -0.508 e. The molecule has 3 aliphatic rings. The molecule has 2 bridgehead atoms. The van der Waals surface area contributed by atoms with Crippen LogP contribution in [-0.2, 0) is 6.42 Å². The minimum absolute atomic E-state index is 0.00488. The van der Waals surface area contributed by atoms with Crippen LogP contribution in [0.15, 0.2) is 36.4 Å². The molecular formula is C22H18O5. The summed E-state index contributed by atoms with van der Waals surface area (Å²) in [5.41, 5.74) is 5.57. The van der Waals surface area contributed by atoms with Crippen LogP contribution in [0.2, 0.25) is 0 Å². The van der Waals surface area contributed by atoms with Crippen molar-refractivity contribution < 1.29 is 25.5 Å². The van der Waals surface area contributed by atoms with Crippen molar-refractivity contribution in [3.8, 4) is 28.7 Å². The van der Waals surface area contributed by atoms with Gasteiger partial charge in [-0.2, -0.15) is 0 Å². The number of rotatable bonds is 0. The number of aryl methyl sites for hydroxylation is 1. The molecule has 3 aliphatic carbocycles. The number of phenols is 5. The Balaban J connectivity index is 1.94. The summed E-state index contributed by atoms with van der Waals surface area (Å²) in [6.45, 7) is 1.91. The van der Waals surface area contributed by atoms with Gasteiger partial charge in [-0.05, 0) is 71.0 Å². The average molecular weight is 362 g/mol. The van der Waals surface area contributed by atoms with E-state index in [1.54, 1.807) is 18.2 Å². The fraction of sp³-hybridized carbons (Fsp3) is 0.182. The van der Waals surface area contributed by atoms with Crippen molar-refractivity contribution in [3.05, 3.63) is 75.3 Å². The molecule has 27 heavy (non-hydrogen) atoms. The Labute approximate surface area is 155 Å². The van der Waals surface area contributed by atoms with Crippen LogP contribution in [0, 0.1) is 6.92 Å². The number of aromatic hydroxyl groups is 5. The van der Waals surface area contributed by atoms with Crippen molar-refractivity contribution in [3.63, 3.8) is 0 Å². The van der Waals surface area contributed by atoms with Gasteiger partial charge in [0.2, 0.25) is 0 Å². The predicted octanol–water partition coefficient (Wildman–Crippen LogP) is 3.70. The van der Waals surface area contributed by atoms with Crippen LogP contribution in [0.25, 0.3) is 0 Å². The van der Waals surface area contributed by atoms with Crippen molar-refractivity contribution in [2.24, 2.45) is 0 Å². The van der Waals surface area contributed by atoms with Crippen LogP contribution in [0.1, 0.15) is 50.8 Å². The van der Waals surface area contributed by atoms with E-state index in [1.165, 1.54) is 12.1 Å². The smallest absolute Gasteiger partial charge is 0.157 e. The molecule has 0 heterocycles. The molecule has 0 aliphatic heterocycles. The van der Waals surface area contributed by atoms with Crippen LogP contribution in [-0.4, -0.2) is 25.5 Å². The zero-order valence-electron chi connectivity index (χ0n) is 14.6. The lowest BCUT2D eigenvalue weighted by Crippen LogP contribution is -2.17. The maximum atomic E-state index is 10.8. The second-order valence-electron chi connectivity index (χ2n) is 7.48. The zero-order chi connectivity index (χ0) is 19.0. The molecule has 0 spiro atoms. The summed E-state index contributed by atoms with van der Waals surface area (Å²) in [5.74, 6) is -1.00. The van der Waals surface area contributed by atoms with Gasteiger partial charge >= 0.3 is 0 Å². The van der Waals surface area contributed by atoms with Gasteiger partial charge in [-0.3, -0.25) is 0 Å². The Morgan fingerprint density at radius 1 is 0.667 bits per heavy atom. The molecule has 136 valence electrons. The first-order chi connectivity index (χ1) is 12.8. The van der Waals surface area contributed by atoms with Crippen molar-refractivity contribution in [2.45, 2.75) is 25.2 Å². The molecule has 3 aromatic carbocycles. The summed E-state index contributed by atoms with van der Waals surface area (Å²) in [7, 11) is 0. The molecule has 3 aromatic rings. The molecule has 5 nitrogen and oxygen atoms in total. The molecule has 5 heteroatoms. The first-order valence-corrected chi connectivity index (χ1v) is 8.79. The van der Waals surface area contributed by atoms with Crippen molar-refractivity contribution in [2.75, 3.05) is 0 Å². The second-order valence-corrected chi connectivity index (χ2v) is 7.48. The zero-order valence-corrected chi connectivity index (χ0v) is 14.6. The molecule has 2 unspecified atom stereocenters. The van der Waals surface area contributed by atoms with Gasteiger partial charge < -0.3 is 25.5 Å². The van der Waals surface area contributed by atoms with Gasteiger partial charge in [0.25, 0.3) is 0 Å². The highest BCUT2D eigenvalue weighted by atomic mass is 16.3. The first-order valence-electron chi connectivity index (χ1n) is 8.79. The molecule has 0 radical (unpaired) electrons. The van der Waals surface area contributed by atoms with Gasteiger partial charge in [0.1, 0.15) is 17.2 Å². The topological polar surface area (TPSA) is 101 Å². The Kier molecular flexibility index (Phi) is 3.00. The molecule has 0 saturated heterocycles. The van der Waals surface area contributed by atoms with E-state index in [4.69, 9.17) is 0 Å². The summed E-state index contributed by atoms with van der Waals surface area (Å²) in [6, 6.07) is 9.71. The quantitative estimate of drug-likeness (QED) is 0.393. The third kappa shape index (κ3) is 2.05. The van der Waals surface area contributed by atoms with E-state index in [1.807, 2.05) is 13.0 Å². The molecule has 0 fully saturated rings. The third-order valence-electron chi connectivity index (χ3n) is 5.83. The van der Waals surface area contributed by atoms with Crippen LogP contribution in [0.3, 0.4) is 0 Å². The van der Waals surface area contributed by atoms with E-state index in [2.05, 4.69) is 0 Å². The highest BCUT2D eigenvalue weighted by Gasteiger charge is 2.41. The highest BCUT2D eigenvalue weighted by molar-refractivity contribution is 5.69. The summed E-state index contributed by atoms with van der Waals surface area (Å²) in [6.07, 6.45) is 0.463. The fourth-order valence-electron chi connectivity index (χ4n) is 4.78. The van der Waals surface area contributed by atoms with Crippen molar-refractivity contribution in [1.29, 1.82) is 0 Å². The van der Waals surface area contributed by atoms with Crippen LogP contribution >= 0.6 is 0 Å². The van der Waals surface area contributed by atoms with Gasteiger partial charge in [0.05, 0.1) is 0 Å². The summed E-state index contributed by atoms with van der Waals surface area (Å²) >= 11 is 0. The summed E-state index contributed by atoms with van der Waals surface area (Å²) in [4.78, 5) is 0. The Morgan fingerprint density at radius 3 is 2.11 bits per heavy atom. The molecule has 5 N–H and O–H groups in total. The van der Waals surface area contributed by atoms with E-state index in [9.17, 15) is 25.5 Å². The molecule has 0 aromatic heterocycles. The lowest BCUT2D eigenvalue weighted by atomic mass is 9.71. The van der Waals surface area contributed by atoms with Gasteiger partial charge in [-0.1, -0.05) is 6.07 Å². The van der Waals surface area contributed by atoms with Gasteiger partial charge in [-0.25, -0.2) is 0 Å². The van der Waals surface area contributed by atoms with E-state index in [-0.39, 0.29) is 34.7 Å². The van der Waals surface area contributed by atoms with Gasteiger partial charge in [-0.15, -0.1) is 0 Å². The van der Waals surface area contributed by atoms with E-state index >= 15 is 0 Å². The Morgan fingerprint density at radius 2 is 1.37 bits per heavy atom. The lowest BCUT2D eigenvalue weighted by molar-refractivity contribution is 0.401. The van der Waals surface area contributed by atoms with Crippen LogP contribution < -0.4 is 0 Å². The summed E-state index contributed by atoms with van der Waals surface area (Å²) in [5, 5.41) is 51.5. The van der Waals surface area contributed by atoms with Gasteiger partial charge in [0.15, 0.2) is 11.5 Å². The first kappa shape index (κ1) is 15.9. The van der Waals surface area contributed by atoms with E-state index in [0.717, 1.165) is 22.3 Å². The summed E-state index contributed by atoms with van der Waals surface area (Å²) < 4.78 is 0. The van der Waals surface area contributed by atoms with E-state index < -0.39 is 5.92 Å². The molecule has 6 rings (SSSR count). The fourth-order valence-corrected chi connectivity index (χ4v) is 4.78. The number of hydrogen-bond acceptors (Lipinski definition) is 5. The monoisotopic (exact) mass is 362 g/mol. The minimum atomic E-state index is -0.464. The van der Waals surface area contributed by atoms with E-state index in [0.29, 0.717) is 23.1 Å². The number of benzene rings is 3. The van der Waals surface area contributed by atoms with Crippen LogP contribution in [0.5, 0.6) is 28.7 Å². The highest BCUT2D eigenvalue weighted by Crippen LogP contribution is 2.57. The Bertz CT molecular complexity index is 1130. The normalized spacial score (nSPS) is 19.1. The van der Waals surface area contributed by atoms with Gasteiger partial charge in [0, 0.05) is 23.5 Å². The largest absolute Gasteiger partial charge is 0.508 e. The predicted molar refractivity (Wildman–Crippen MR) is 98.9 cm³/mol. The SMILES string of the molecule is Cc1cc(O)c2c(c1)C1Cc3c(O)cc(O)cc3C2c2cc(O)c(O)cc21.